The molecule has 1 atom stereocenters. The molecule has 1 N–H and O–H groups in total. The number of nitrogens with one attached hydrogen (secondary N) is 1. The van der Waals surface area contributed by atoms with Gasteiger partial charge in [-0.3, -0.25) is 0 Å². The van der Waals surface area contributed by atoms with Gasteiger partial charge in [0.1, 0.15) is 0 Å². The Kier molecular flexibility index (Phi) is 2.84. The van der Waals surface area contributed by atoms with Crippen LogP contribution < -0.4 is 4.72 Å². The summed E-state index contributed by atoms with van der Waals surface area (Å²) in [5.41, 5.74) is -0.698. The second-order valence-electron chi connectivity index (χ2n) is 3.75. The van der Waals surface area contributed by atoms with E-state index in [0.717, 1.165) is 0 Å². The Balaban J connectivity index is 2.87. The molecule has 1 saturated heterocycles. The summed E-state index contributed by atoms with van der Waals surface area (Å²) in [6, 6.07) is 0. The summed E-state index contributed by atoms with van der Waals surface area (Å²) >= 11 is 0. The van der Waals surface area contributed by atoms with Crippen molar-refractivity contribution in [1.82, 2.24) is 4.72 Å². The number of hydrogen-bond donors (Lipinski definition) is 1. The quantitative estimate of drug-likeness (QED) is 0.609. The van der Waals surface area contributed by atoms with Crippen molar-refractivity contribution in [2.75, 3.05) is 7.11 Å². The van der Waals surface area contributed by atoms with E-state index in [2.05, 4.69) is 13.6 Å². The average molecular weight is 223 g/mol. The van der Waals surface area contributed by atoms with Gasteiger partial charge in [-0.05, 0) is 13.8 Å². The first-order valence-corrected chi connectivity index (χ1v) is 5.47. The molecule has 0 spiro atoms. The normalized spacial score (nSPS) is 29.5. The lowest BCUT2D eigenvalue weighted by molar-refractivity contribution is -0.150. The van der Waals surface area contributed by atoms with Crippen LogP contribution in [0.25, 0.3) is 0 Å². The SMILES string of the molecule is COC(=O)[C@@H]1CC(C)(C)NS(=O)(=O)O1. The molecule has 0 bridgehead atoms. The number of ether oxygens (including phenoxy) is 1. The van der Waals surface area contributed by atoms with Crippen molar-refractivity contribution >= 4 is 16.3 Å². The zero-order valence-electron chi connectivity index (χ0n) is 8.23. The first-order chi connectivity index (χ1) is 6.26. The molecule has 0 saturated carbocycles. The highest BCUT2D eigenvalue weighted by molar-refractivity contribution is 7.84. The first kappa shape index (κ1) is 11.4. The van der Waals surface area contributed by atoms with E-state index in [9.17, 15) is 13.2 Å². The van der Waals surface area contributed by atoms with Gasteiger partial charge in [-0.15, -0.1) is 0 Å². The van der Waals surface area contributed by atoms with E-state index in [1.807, 2.05) is 0 Å². The minimum atomic E-state index is -3.85. The lowest BCUT2D eigenvalue weighted by atomic mass is 9.98. The Morgan fingerprint density at radius 2 is 2.14 bits per heavy atom. The van der Waals surface area contributed by atoms with Gasteiger partial charge in [0.15, 0.2) is 6.10 Å². The van der Waals surface area contributed by atoms with Gasteiger partial charge in [-0.25, -0.2) is 8.98 Å². The number of carbonyl (C=O) groups is 1. The van der Waals surface area contributed by atoms with Gasteiger partial charge >= 0.3 is 16.3 Å². The molecule has 6 nitrogen and oxygen atoms in total. The number of methoxy groups -OCH3 is 1. The van der Waals surface area contributed by atoms with Crippen LogP contribution in [0, 0.1) is 0 Å². The minimum Gasteiger partial charge on any atom is -0.467 e. The maximum atomic E-state index is 11.2. The van der Waals surface area contributed by atoms with E-state index >= 15 is 0 Å². The van der Waals surface area contributed by atoms with Crippen molar-refractivity contribution < 1.29 is 22.1 Å². The summed E-state index contributed by atoms with van der Waals surface area (Å²) in [5, 5.41) is 0. The van der Waals surface area contributed by atoms with Gasteiger partial charge in [0, 0.05) is 12.0 Å². The molecule has 0 aromatic heterocycles. The Hall–Kier alpha value is -0.660. The van der Waals surface area contributed by atoms with Crippen LogP contribution in [0.3, 0.4) is 0 Å². The molecule has 14 heavy (non-hydrogen) atoms. The van der Waals surface area contributed by atoms with Gasteiger partial charge in [0.25, 0.3) is 0 Å². The van der Waals surface area contributed by atoms with Crippen LogP contribution >= 0.6 is 0 Å². The van der Waals surface area contributed by atoms with E-state index in [4.69, 9.17) is 0 Å². The highest BCUT2D eigenvalue weighted by atomic mass is 32.2. The van der Waals surface area contributed by atoms with Crippen molar-refractivity contribution in [1.29, 1.82) is 0 Å². The first-order valence-electron chi connectivity index (χ1n) is 4.06. The molecule has 1 heterocycles. The van der Waals surface area contributed by atoms with Crippen LogP contribution in [0.15, 0.2) is 0 Å². The number of esters is 1. The van der Waals surface area contributed by atoms with E-state index in [1.54, 1.807) is 13.8 Å². The molecule has 0 aromatic carbocycles. The van der Waals surface area contributed by atoms with Crippen molar-refractivity contribution in [2.45, 2.75) is 31.9 Å². The summed E-state index contributed by atoms with van der Waals surface area (Å²) in [5.74, 6) is -0.678. The Morgan fingerprint density at radius 3 is 2.57 bits per heavy atom. The topological polar surface area (TPSA) is 81.7 Å². The third-order valence-electron chi connectivity index (χ3n) is 1.80. The van der Waals surface area contributed by atoms with Gasteiger partial charge in [0.2, 0.25) is 0 Å². The molecule has 0 radical (unpaired) electrons. The second kappa shape index (κ2) is 3.48. The molecule has 0 aromatic rings. The minimum absolute atomic E-state index is 0.249. The molecular weight excluding hydrogens is 210 g/mol. The van der Waals surface area contributed by atoms with Crippen molar-refractivity contribution in [3.05, 3.63) is 0 Å². The maximum Gasteiger partial charge on any atom is 0.337 e. The highest BCUT2D eigenvalue weighted by Crippen LogP contribution is 2.22. The fourth-order valence-electron chi connectivity index (χ4n) is 1.31. The van der Waals surface area contributed by atoms with Crippen LogP contribution in [0.1, 0.15) is 20.3 Å². The highest BCUT2D eigenvalue weighted by Gasteiger charge is 2.41. The van der Waals surface area contributed by atoms with Crippen molar-refractivity contribution in [2.24, 2.45) is 0 Å². The standard InChI is InChI=1S/C7H13NO5S/c1-7(2)4-5(6(9)12-3)13-14(10,11)8-7/h5,8H,4H2,1-3H3/t5-/m0/s1. The largest absolute Gasteiger partial charge is 0.467 e. The number of carbonyl (C=O) groups excluding carboxylic acids is 1. The zero-order valence-corrected chi connectivity index (χ0v) is 9.05. The number of hydrogen-bond acceptors (Lipinski definition) is 5. The lowest BCUT2D eigenvalue weighted by Gasteiger charge is -2.33. The third-order valence-corrected chi connectivity index (χ3v) is 3.09. The smallest absolute Gasteiger partial charge is 0.337 e. The third kappa shape index (κ3) is 2.66. The van der Waals surface area contributed by atoms with E-state index in [1.165, 1.54) is 7.11 Å². The van der Waals surface area contributed by atoms with Crippen LogP contribution in [-0.4, -0.2) is 33.1 Å². The summed E-state index contributed by atoms with van der Waals surface area (Å²) in [6.45, 7) is 3.34. The predicted molar refractivity (Wildman–Crippen MR) is 47.6 cm³/mol. The molecule has 0 aliphatic carbocycles. The van der Waals surface area contributed by atoms with E-state index < -0.39 is 27.9 Å². The summed E-state index contributed by atoms with van der Waals surface area (Å²) < 4.78 is 33.6. The monoisotopic (exact) mass is 223 g/mol. The summed E-state index contributed by atoms with van der Waals surface area (Å²) in [7, 11) is -2.66. The second-order valence-corrected chi connectivity index (χ2v) is 5.06. The fraction of sp³-hybridized carbons (Fsp3) is 0.857. The Morgan fingerprint density at radius 1 is 1.57 bits per heavy atom. The van der Waals surface area contributed by atoms with Crippen LogP contribution in [-0.2, 0) is 24.0 Å². The van der Waals surface area contributed by atoms with Crippen molar-refractivity contribution in [3.63, 3.8) is 0 Å². The Labute approximate surface area is 82.8 Å². The molecule has 7 heteroatoms. The molecule has 1 aliphatic rings. The van der Waals surface area contributed by atoms with Gasteiger partial charge in [-0.1, -0.05) is 0 Å². The zero-order chi connectivity index (χ0) is 11.0. The van der Waals surface area contributed by atoms with E-state index in [-0.39, 0.29) is 6.42 Å². The number of rotatable bonds is 1. The average Bonchev–Trinajstić information content (AvgIpc) is 1.97. The fourth-order valence-corrected chi connectivity index (χ4v) is 2.57. The van der Waals surface area contributed by atoms with Crippen LogP contribution in [0.4, 0.5) is 0 Å². The molecule has 1 rings (SSSR count). The van der Waals surface area contributed by atoms with Gasteiger partial charge in [-0.2, -0.15) is 13.1 Å². The van der Waals surface area contributed by atoms with Crippen LogP contribution in [0.5, 0.6) is 0 Å². The molecular formula is C7H13NO5S. The summed E-state index contributed by atoms with van der Waals surface area (Å²) in [4.78, 5) is 11.1. The maximum absolute atomic E-state index is 11.2. The van der Waals surface area contributed by atoms with Gasteiger partial charge < -0.3 is 4.74 Å². The molecule has 82 valence electrons. The molecule has 0 unspecified atom stereocenters. The molecule has 0 amide bonds. The lowest BCUT2D eigenvalue weighted by Crippen LogP contribution is -2.54. The van der Waals surface area contributed by atoms with E-state index in [0.29, 0.717) is 0 Å². The summed E-state index contributed by atoms with van der Waals surface area (Å²) in [6.07, 6.45) is -0.805. The predicted octanol–water partition coefficient (Wildman–Crippen LogP) is -0.439. The van der Waals surface area contributed by atoms with Crippen molar-refractivity contribution in [3.8, 4) is 0 Å². The molecule has 1 aliphatic heterocycles. The molecule has 1 fully saturated rings. The Bertz CT molecular complexity index is 334. The van der Waals surface area contributed by atoms with Gasteiger partial charge in [0.05, 0.1) is 7.11 Å². The van der Waals surface area contributed by atoms with Crippen LogP contribution in [0.2, 0.25) is 0 Å².